The number of ether oxygens (including phenoxy) is 1. The Bertz CT molecular complexity index is 853. The number of hydrogen-bond donors (Lipinski definition) is 1. The monoisotopic (exact) mass is 337 g/mol. The molecule has 3 rings (SSSR count). The first-order valence-electron chi connectivity index (χ1n) is 8.49. The second-order valence-electron chi connectivity index (χ2n) is 5.98. The first-order valence-corrected chi connectivity index (χ1v) is 8.49. The topological polar surface area (TPSA) is 56.2 Å². The van der Waals surface area contributed by atoms with E-state index in [2.05, 4.69) is 17.2 Å². The van der Waals surface area contributed by atoms with Crippen molar-refractivity contribution in [3.63, 3.8) is 0 Å². The molecule has 1 aromatic heterocycles. The van der Waals surface area contributed by atoms with Crippen LogP contribution < -0.4 is 5.32 Å². The van der Waals surface area contributed by atoms with E-state index in [-0.39, 0.29) is 12.5 Å². The zero-order valence-corrected chi connectivity index (χ0v) is 14.7. The molecule has 5 heteroatoms. The molecule has 0 saturated carbocycles. The number of nitrogens with one attached hydrogen (secondary N) is 1. The Labute approximate surface area is 147 Å². The van der Waals surface area contributed by atoms with Gasteiger partial charge in [0, 0.05) is 20.1 Å². The summed E-state index contributed by atoms with van der Waals surface area (Å²) in [4.78, 5) is 17.0. The summed E-state index contributed by atoms with van der Waals surface area (Å²) in [7, 11) is 1.68. The fraction of sp³-hybridized carbons (Fsp3) is 0.300. The van der Waals surface area contributed by atoms with Crippen molar-refractivity contribution >= 4 is 16.9 Å². The van der Waals surface area contributed by atoms with Crippen LogP contribution in [0, 0.1) is 0 Å². The Morgan fingerprint density at radius 1 is 1.12 bits per heavy atom. The second kappa shape index (κ2) is 7.94. The van der Waals surface area contributed by atoms with Gasteiger partial charge in [-0.15, -0.1) is 0 Å². The fourth-order valence-corrected chi connectivity index (χ4v) is 2.89. The number of imidazole rings is 1. The molecular formula is C20H23N3O2. The normalized spacial score (nSPS) is 11.0. The first-order chi connectivity index (χ1) is 12.2. The first kappa shape index (κ1) is 17.2. The third-order valence-electron chi connectivity index (χ3n) is 4.18. The van der Waals surface area contributed by atoms with Crippen molar-refractivity contribution in [1.29, 1.82) is 0 Å². The highest BCUT2D eigenvalue weighted by Crippen LogP contribution is 2.16. The van der Waals surface area contributed by atoms with Gasteiger partial charge in [-0.3, -0.25) is 4.79 Å². The van der Waals surface area contributed by atoms with Crippen molar-refractivity contribution in [2.75, 3.05) is 7.11 Å². The Kier molecular flexibility index (Phi) is 5.46. The summed E-state index contributed by atoms with van der Waals surface area (Å²) in [5.41, 5.74) is 4.12. The molecule has 1 amide bonds. The number of hydrogen-bond acceptors (Lipinski definition) is 3. The van der Waals surface area contributed by atoms with Gasteiger partial charge in [0.2, 0.25) is 5.91 Å². The molecule has 1 N–H and O–H groups in total. The lowest BCUT2D eigenvalue weighted by Gasteiger charge is -2.10. The summed E-state index contributed by atoms with van der Waals surface area (Å²) in [6, 6.07) is 16.0. The molecule has 5 nitrogen and oxygen atoms in total. The molecule has 0 fully saturated rings. The number of aromatic nitrogens is 2. The van der Waals surface area contributed by atoms with E-state index in [1.54, 1.807) is 7.11 Å². The van der Waals surface area contributed by atoms with E-state index in [9.17, 15) is 4.79 Å². The molecular weight excluding hydrogens is 314 g/mol. The number of benzene rings is 2. The van der Waals surface area contributed by atoms with Crippen LogP contribution in [0.4, 0.5) is 0 Å². The molecule has 3 aromatic rings. The lowest BCUT2D eigenvalue weighted by Crippen LogP contribution is -2.27. The van der Waals surface area contributed by atoms with E-state index >= 15 is 0 Å². The number of rotatable bonds is 7. The van der Waals surface area contributed by atoms with Crippen LogP contribution >= 0.6 is 0 Å². The molecule has 0 aliphatic carbocycles. The van der Waals surface area contributed by atoms with Crippen LogP contribution in [-0.2, 0) is 35.6 Å². The average molecular weight is 337 g/mol. The summed E-state index contributed by atoms with van der Waals surface area (Å²) in [6.07, 6.45) is 0.795. The van der Waals surface area contributed by atoms with Crippen molar-refractivity contribution in [2.24, 2.45) is 0 Å². The fourth-order valence-electron chi connectivity index (χ4n) is 2.89. The van der Waals surface area contributed by atoms with Gasteiger partial charge in [-0.25, -0.2) is 4.98 Å². The quantitative estimate of drug-likeness (QED) is 0.721. The number of nitrogens with zero attached hydrogens (tertiary/aromatic N) is 2. The molecule has 0 saturated heterocycles. The molecule has 0 atom stereocenters. The summed E-state index contributed by atoms with van der Waals surface area (Å²) in [5.74, 6) is 0.916. The smallest absolute Gasteiger partial charge is 0.240 e. The van der Waals surface area contributed by atoms with E-state index in [0.717, 1.165) is 34.4 Å². The second-order valence-corrected chi connectivity index (χ2v) is 5.98. The van der Waals surface area contributed by atoms with Crippen LogP contribution in [0.2, 0.25) is 0 Å². The summed E-state index contributed by atoms with van der Waals surface area (Å²) in [5, 5.41) is 2.99. The van der Waals surface area contributed by atoms with Gasteiger partial charge in [0.25, 0.3) is 0 Å². The van der Waals surface area contributed by atoms with Crippen molar-refractivity contribution in [3.05, 3.63) is 65.5 Å². The van der Waals surface area contributed by atoms with Crippen molar-refractivity contribution < 1.29 is 9.53 Å². The number of para-hydroxylation sites is 2. The molecule has 0 unspecified atom stereocenters. The number of fused-ring (bicyclic) bond motifs is 1. The molecule has 2 aromatic carbocycles. The highest BCUT2D eigenvalue weighted by molar-refractivity contribution is 5.81. The van der Waals surface area contributed by atoms with E-state index in [1.165, 1.54) is 0 Å². The predicted molar refractivity (Wildman–Crippen MR) is 98.1 cm³/mol. The van der Waals surface area contributed by atoms with Gasteiger partial charge in [0.05, 0.1) is 17.6 Å². The van der Waals surface area contributed by atoms with Crippen LogP contribution in [0.3, 0.4) is 0 Å². The Balaban J connectivity index is 1.65. The van der Waals surface area contributed by atoms with Crippen molar-refractivity contribution in [1.82, 2.24) is 14.9 Å². The summed E-state index contributed by atoms with van der Waals surface area (Å²) < 4.78 is 7.10. The minimum atomic E-state index is -0.0150. The molecule has 0 aliphatic rings. The minimum absolute atomic E-state index is 0.0150. The van der Waals surface area contributed by atoms with Gasteiger partial charge in [0.15, 0.2) is 0 Å². The van der Waals surface area contributed by atoms with Crippen molar-refractivity contribution in [3.8, 4) is 0 Å². The molecule has 0 spiro atoms. The maximum atomic E-state index is 12.4. The average Bonchev–Trinajstić information content (AvgIpc) is 2.99. The number of carbonyl (C=O) groups excluding carboxylic acids is 1. The van der Waals surface area contributed by atoms with Gasteiger partial charge < -0.3 is 14.6 Å². The number of carbonyl (C=O) groups is 1. The maximum Gasteiger partial charge on any atom is 0.240 e. The van der Waals surface area contributed by atoms with E-state index in [1.807, 2.05) is 53.1 Å². The minimum Gasteiger partial charge on any atom is -0.380 e. The van der Waals surface area contributed by atoms with Gasteiger partial charge >= 0.3 is 0 Å². The Morgan fingerprint density at radius 3 is 2.56 bits per heavy atom. The molecule has 0 radical (unpaired) electrons. The third kappa shape index (κ3) is 4.06. The SMILES string of the molecule is CCc1nc2ccccc2n1CC(=O)NCc1ccc(COC)cc1. The van der Waals surface area contributed by atoms with Gasteiger partial charge in [-0.2, -0.15) is 0 Å². The summed E-state index contributed by atoms with van der Waals surface area (Å²) in [6.45, 7) is 3.45. The lowest BCUT2D eigenvalue weighted by atomic mass is 10.1. The molecule has 25 heavy (non-hydrogen) atoms. The third-order valence-corrected chi connectivity index (χ3v) is 4.18. The number of aryl methyl sites for hydroxylation is 1. The van der Waals surface area contributed by atoms with Crippen molar-refractivity contribution in [2.45, 2.75) is 33.0 Å². The number of amides is 1. The van der Waals surface area contributed by atoms with Crippen LogP contribution in [-0.4, -0.2) is 22.6 Å². The number of methoxy groups -OCH3 is 1. The van der Waals surface area contributed by atoms with Crippen LogP contribution in [0.15, 0.2) is 48.5 Å². The Hall–Kier alpha value is -2.66. The van der Waals surface area contributed by atoms with E-state index in [0.29, 0.717) is 13.2 Å². The lowest BCUT2D eigenvalue weighted by molar-refractivity contribution is -0.121. The predicted octanol–water partition coefficient (Wildman–Crippen LogP) is 3.06. The van der Waals surface area contributed by atoms with Crippen LogP contribution in [0.25, 0.3) is 11.0 Å². The van der Waals surface area contributed by atoms with Crippen LogP contribution in [0.5, 0.6) is 0 Å². The highest BCUT2D eigenvalue weighted by atomic mass is 16.5. The zero-order chi connectivity index (χ0) is 17.6. The van der Waals surface area contributed by atoms with E-state index < -0.39 is 0 Å². The molecule has 0 aliphatic heterocycles. The largest absolute Gasteiger partial charge is 0.380 e. The van der Waals surface area contributed by atoms with Crippen LogP contribution in [0.1, 0.15) is 23.9 Å². The van der Waals surface area contributed by atoms with E-state index in [4.69, 9.17) is 4.74 Å². The maximum absolute atomic E-state index is 12.4. The summed E-state index contributed by atoms with van der Waals surface area (Å²) >= 11 is 0. The molecule has 0 bridgehead atoms. The van der Waals surface area contributed by atoms with Gasteiger partial charge in [-0.05, 0) is 23.3 Å². The van der Waals surface area contributed by atoms with Gasteiger partial charge in [-0.1, -0.05) is 43.3 Å². The molecule has 130 valence electrons. The zero-order valence-electron chi connectivity index (χ0n) is 14.7. The highest BCUT2D eigenvalue weighted by Gasteiger charge is 2.12. The Morgan fingerprint density at radius 2 is 1.84 bits per heavy atom. The van der Waals surface area contributed by atoms with Gasteiger partial charge in [0.1, 0.15) is 12.4 Å². The standard InChI is InChI=1S/C20H23N3O2/c1-3-19-22-17-6-4-5-7-18(17)23(19)13-20(24)21-12-15-8-10-16(11-9-15)14-25-2/h4-11H,3,12-14H2,1-2H3,(H,21,24). The molecule has 1 heterocycles.